The van der Waals surface area contributed by atoms with Gasteiger partial charge in [-0.25, -0.2) is 4.98 Å². The second kappa shape index (κ2) is 6.39. The number of thiophene rings is 1. The Bertz CT molecular complexity index is 752. The normalized spacial score (nSPS) is 10.5. The first-order chi connectivity index (χ1) is 10.2. The second-order valence-corrected chi connectivity index (χ2v) is 6.99. The SMILES string of the molecule is O=C(Cc1ccc(Cl)s1)Nc1nc(-c2ccccc2)cs1. The Morgan fingerprint density at radius 2 is 2.00 bits per heavy atom. The van der Waals surface area contributed by atoms with Gasteiger partial charge in [-0.2, -0.15) is 0 Å². The number of thiazole rings is 1. The molecule has 0 saturated heterocycles. The molecular weight excluding hydrogens is 324 g/mol. The topological polar surface area (TPSA) is 42.0 Å². The van der Waals surface area contributed by atoms with Crippen molar-refractivity contribution in [1.82, 2.24) is 4.98 Å². The third-order valence-corrected chi connectivity index (χ3v) is 4.77. The second-order valence-electron chi connectivity index (χ2n) is 4.33. The Morgan fingerprint density at radius 1 is 1.19 bits per heavy atom. The predicted molar refractivity (Wildman–Crippen MR) is 89.2 cm³/mol. The molecule has 0 unspecified atom stereocenters. The molecule has 1 amide bonds. The lowest BCUT2D eigenvalue weighted by Gasteiger charge is -1.99. The van der Waals surface area contributed by atoms with Crippen LogP contribution >= 0.6 is 34.3 Å². The van der Waals surface area contributed by atoms with Crippen molar-refractivity contribution in [3.05, 3.63) is 57.1 Å². The summed E-state index contributed by atoms with van der Waals surface area (Å²) in [5.74, 6) is -0.0810. The molecule has 6 heteroatoms. The summed E-state index contributed by atoms with van der Waals surface area (Å²) in [5.41, 5.74) is 1.91. The van der Waals surface area contributed by atoms with Crippen LogP contribution in [-0.4, -0.2) is 10.9 Å². The van der Waals surface area contributed by atoms with E-state index in [-0.39, 0.29) is 5.91 Å². The van der Waals surface area contributed by atoms with E-state index in [1.807, 2.05) is 41.8 Å². The van der Waals surface area contributed by atoms with E-state index in [1.165, 1.54) is 22.7 Å². The lowest BCUT2D eigenvalue weighted by molar-refractivity contribution is -0.115. The largest absolute Gasteiger partial charge is 0.302 e. The van der Waals surface area contributed by atoms with E-state index in [4.69, 9.17) is 11.6 Å². The van der Waals surface area contributed by atoms with Crippen LogP contribution in [0, 0.1) is 0 Å². The van der Waals surface area contributed by atoms with Gasteiger partial charge >= 0.3 is 0 Å². The number of nitrogens with zero attached hydrogens (tertiary/aromatic N) is 1. The zero-order valence-corrected chi connectivity index (χ0v) is 13.3. The van der Waals surface area contributed by atoms with Gasteiger partial charge in [0.1, 0.15) is 0 Å². The highest BCUT2D eigenvalue weighted by molar-refractivity contribution is 7.16. The van der Waals surface area contributed by atoms with E-state index >= 15 is 0 Å². The quantitative estimate of drug-likeness (QED) is 0.751. The fourth-order valence-corrected chi connectivity index (χ4v) is 3.66. The summed E-state index contributed by atoms with van der Waals surface area (Å²) >= 11 is 8.69. The van der Waals surface area contributed by atoms with Crippen LogP contribution in [-0.2, 0) is 11.2 Å². The van der Waals surface area contributed by atoms with Crippen LogP contribution in [0.2, 0.25) is 4.34 Å². The van der Waals surface area contributed by atoms with Gasteiger partial charge in [0.25, 0.3) is 0 Å². The van der Waals surface area contributed by atoms with Crippen molar-refractivity contribution < 1.29 is 4.79 Å². The summed E-state index contributed by atoms with van der Waals surface area (Å²) in [6.45, 7) is 0. The maximum atomic E-state index is 12.0. The van der Waals surface area contributed by atoms with Crippen LogP contribution in [0.15, 0.2) is 47.8 Å². The molecule has 1 aromatic carbocycles. The maximum absolute atomic E-state index is 12.0. The van der Waals surface area contributed by atoms with Gasteiger partial charge in [0.05, 0.1) is 16.5 Å². The van der Waals surface area contributed by atoms with Crippen molar-refractivity contribution in [1.29, 1.82) is 0 Å². The molecule has 0 aliphatic rings. The standard InChI is InChI=1S/C15H11ClN2OS2/c16-13-7-6-11(21-13)8-14(19)18-15-17-12(9-20-15)10-4-2-1-3-5-10/h1-7,9H,8H2,(H,17,18,19). The number of aromatic nitrogens is 1. The zero-order valence-electron chi connectivity index (χ0n) is 10.9. The first-order valence-corrected chi connectivity index (χ1v) is 8.33. The van der Waals surface area contributed by atoms with Gasteiger partial charge in [-0.05, 0) is 12.1 Å². The molecule has 2 heterocycles. The van der Waals surface area contributed by atoms with Gasteiger partial charge in [0.2, 0.25) is 5.91 Å². The first-order valence-electron chi connectivity index (χ1n) is 6.26. The average molecular weight is 335 g/mol. The van der Waals surface area contributed by atoms with Gasteiger partial charge in [0.15, 0.2) is 5.13 Å². The number of benzene rings is 1. The van der Waals surface area contributed by atoms with E-state index < -0.39 is 0 Å². The van der Waals surface area contributed by atoms with Crippen LogP contribution in [0.1, 0.15) is 4.88 Å². The lowest BCUT2D eigenvalue weighted by atomic mass is 10.2. The molecule has 0 aliphatic heterocycles. The number of anilines is 1. The van der Waals surface area contributed by atoms with Crippen molar-refractivity contribution >= 4 is 45.3 Å². The van der Waals surface area contributed by atoms with Crippen LogP contribution in [0.3, 0.4) is 0 Å². The summed E-state index contributed by atoms with van der Waals surface area (Å²) < 4.78 is 0.693. The summed E-state index contributed by atoms with van der Waals surface area (Å²) in [4.78, 5) is 17.3. The highest BCUT2D eigenvalue weighted by Gasteiger charge is 2.09. The highest BCUT2D eigenvalue weighted by Crippen LogP contribution is 2.25. The van der Waals surface area contributed by atoms with E-state index in [0.717, 1.165) is 16.1 Å². The van der Waals surface area contributed by atoms with E-state index in [0.29, 0.717) is 15.9 Å². The van der Waals surface area contributed by atoms with E-state index in [1.54, 1.807) is 6.07 Å². The number of hydrogen-bond donors (Lipinski definition) is 1. The Morgan fingerprint density at radius 3 is 2.71 bits per heavy atom. The van der Waals surface area contributed by atoms with Gasteiger partial charge in [0, 0.05) is 15.8 Å². The van der Waals surface area contributed by atoms with Crippen LogP contribution in [0.5, 0.6) is 0 Å². The van der Waals surface area contributed by atoms with Crippen molar-refractivity contribution in [3.63, 3.8) is 0 Å². The van der Waals surface area contributed by atoms with Gasteiger partial charge in [-0.1, -0.05) is 41.9 Å². The molecule has 3 rings (SSSR count). The molecule has 21 heavy (non-hydrogen) atoms. The number of amides is 1. The zero-order chi connectivity index (χ0) is 14.7. The summed E-state index contributed by atoms with van der Waals surface area (Å²) in [5, 5.41) is 5.37. The number of halogens is 1. The molecule has 0 fully saturated rings. The lowest BCUT2D eigenvalue weighted by Crippen LogP contribution is -2.13. The molecule has 0 atom stereocenters. The van der Waals surface area contributed by atoms with Crippen molar-refractivity contribution in [2.45, 2.75) is 6.42 Å². The monoisotopic (exact) mass is 334 g/mol. The Kier molecular flexibility index (Phi) is 4.34. The minimum Gasteiger partial charge on any atom is -0.302 e. The highest BCUT2D eigenvalue weighted by atomic mass is 35.5. The minimum atomic E-state index is -0.0810. The smallest absolute Gasteiger partial charge is 0.231 e. The van der Waals surface area contributed by atoms with Crippen molar-refractivity contribution in [2.75, 3.05) is 5.32 Å². The molecule has 0 saturated carbocycles. The molecule has 3 nitrogen and oxygen atoms in total. The molecule has 106 valence electrons. The predicted octanol–water partition coefficient (Wildman–Crippen LogP) is 4.71. The third-order valence-electron chi connectivity index (χ3n) is 2.78. The van der Waals surface area contributed by atoms with Crippen LogP contribution in [0.25, 0.3) is 11.3 Å². The van der Waals surface area contributed by atoms with E-state index in [9.17, 15) is 4.79 Å². The Balaban J connectivity index is 1.66. The Labute approximate surface area is 135 Å². The summed E-state index contributed by atoms with van der Waals surface area (Å²) in [6.07, 6.45) is 0.317. The van der Waals surface area contributed by atoms with Crippen LogP contribution in [0.4, 0.5) is 5.13 Å². The Hall–Kier alpha value is -1.69. The molecule has 1 N–H and O–H groups in total. The first kappa shape index (κ1) is 14.3. The average Bonchev–Trinajstić information content (AvgIpc) is 3.09. The molecule has 3 aromatic rings. The summed E-state index contributed by atoms with van der Waals surface area (Å²) in [7, 11) is 0. The number of carbonyl (C=O) groups excluding carboxylic acids is 1. The third kappa shape index (κ3) is 3.69. The van der Waals surface area contributed by atoms with Crippen molar-refractivity contribution in [3.8, 4) is 11.3 Å². The summed E-state index contributed by atoms with van der Waals surface area (Å²) in [6, 6.07) is 13.5. The number of nitrogens with one attached hydrogen (secondary N) is 1. The van der Waals surface area contributed by atoms with Gasteiger partial charge in [-0.3, -0.25) is 4.79 Å². The number of hydrogen-bond acceptors (Lipinski definition) is 4. The fraction of sp³-hybridized carbons (Fsp3) is 0.0667. The van der Waals surface area contributed by atoms with Gasteiger partial charge in [-0.15, -0.1) is 22.7 Å². The maximum Gasteiger partial charge on any atom is 0.231 e. The molecule has 0 bridgehead atoms. The molecule has 0 aliphatic carbocycles. The van der Waals surface area contributed by atoms with Crippen molar-refractivity contribution in [2.24, 2.45) is 0 Å². The molecular formula is C15H11ClN2OS2. The fourth-order valence-electron chi connectivity index (χ4n) is 1.84. The number of rotatable bonds is 4. The van der Waals surface area contributed by atoms with Gasteiger partial charge < -0.3 is 5.32 Å². The van der Waals surface area contributed by atoms with E-state index in [2.05, 4.69) is 10.3 Å². The molecule has 0 spiro atoms. The minimum absolute atomic E-state index is 0.0810. The molecule has 0 radical (unpaired) electrons. The number of carbonyl (C=O) groups is 1. The van der Waals surface area contributed by atoms with Crippen LogP contribution < -0.4 is 5.32 Å². The molecule has 2 aromatic heterocycles.